The van der Waals surface area contributed by atoms with Gasteiger partial charge in [-0.05, 0) is 12.0 Å². The summed E-state index contributed by atoms with van der Waals surface area (Å²) in [6.07, 6.45) is 6.08. The molecule has 0 fully saturated rings. The molecule has 0 bridgehead atoms. The van der Waals surface area contributed by atoms with Crippen LogP contribution in [0.15, 0.2) is 52.2 Å². The van der Waals surface area contributed by atoms with E-state index in [-0.39, 0.29) is 11.2 Å². The second-order valence-electron chi connectivity index (χ2n) is 4.23. The van der Waals surface area contributed by atoms with Crippen LogP contribution in [0.25, 0.3) is 6.08 Å². The Morgan fingerprint density at radius 2 is 1.95 bits per heavy atom. The van der Waals surface area contributed by atoms with E-state index in [9.17, 15) is 9.59 Å². The molecule has 1 aromatic heterocycles. The number of allylic oxidation sites excluding steroid dienone is 1. The number of hydrogen-bond donors (Lipinski definition) is 1. The predicted octanol–water partition coefficient (Wildman–Crippen LogP) is 1.81. The minimum absolute atomic E-state index is 0.296. The molecule has 0 saturated carbocycles. The highest BCUT2D eigenvalue weighted by molar-refractivity contribution is 5.48. The van der Waals surface area contributed by atoms with E-state index in [1.165, 1.54) is 4.57 Å². The van der Waals surface area contributed by atoms with Crippen molar-refractivity contribution in [2.45, 2.75) is 19.9 Å². The summed E-state index contributed by atoms with van der Waals surface area (Å²) in [5.41, 5.74) is 1.03. The van der Waals surface area contributed by atoms with Gasteiger partial charge >= 0.3 is 5.69 Å². The van der Waals surface area contributed by atoms with Crippen LogP contribution in [0.4, 0.5) is 0 Å². The quantitative estimate of drug-likeness (QED) is 0.907. The fourth-order valence-electron chi connectivity index (χ4n) is 1.81. The van der Waals surface area contributed by atoms with Crippen LogP contribution < -0.4 is 11.2 Å². The van der Waals surface area contributed by atoms with Gasteiger partial charge in [0.1, 0.15) is 0 Å². The van der Waals surface area contributed by atoms with Gasteiger partial charge < -0.3 is 0 Å². The van der Waals surface area contributed by atoms with Crippen molar-refractivity contribution >= 4 is 6.08 Å². The zero-order valence-electron chi connectivity index (χ0n) is 10.8. The van der Waals surface area contributed by atoms with Crippen LogP contribution >= 0.6 is 0 Å². The van der Waals surface area contributed by atoms with E-state index in [1.54, 1.807) is 6.20 Å². The van der Waals surface area contributed by atoms with Crippen LogP contribution in [0.5, 0.6) is 0 Å². The molecule has 98 valence electrons. The van der Waals surface area contributed by atoms with Gasteiger partial charge in [0.25, 0.3) is 5.56 Å². The number of rotatable bonds is 4. The lowest BCUT2D eigenvalue weighted by Crippen LogP contribution is -2.31. The molecular weight excluding hydrogens is 240 g/mol. The first-order chi connectivity index (χ1) is 9.20. The topological polar surface area (TPSA) is 54.9 Å². The Bertz CT molecular complexity index is 681. The number of benzene rings is 1. The summed E-state index contributed by atoms with van der Waals surface area (Å²) in [6, 6.07) is 9.85. The first-order valence-corrected chi connectivity index (χ1v) is 6.25. The predicted molar refractivity (Wildman–Crippen MR) is 76.2 cm³/mol. The van der Waals surface area contributed by atoms with E-state index in [2.05, 4.69) is 4.98 Å². The smallest absolute Gasteiger partial charge is 0.296 e. The highest BCUT2D eigenvalue weighted by Crippen LogP contribution is 2.01. The van der Waals surface area contributed by atoms with E-state index in [4.69, 9.17) is 0 Å². The molecule has 0 saturated heterocycles. The summed E-state index contributed by atoms with van der Waals surface area (Å²) in [4.78, 5) is 25.4. The summed E-state index contributed by atoms with van der Waals surface area (Å²) in [5, 5.41) is 0. The van der Waals surface area contributed by atoms with Crippen LogP contribution in [0, 0.1) is 0 Å². The number of H-pyrrole nitrogens is 1. The molecule has 0 spiro atoms. The third kappa shape index (κ3) is 3.31. The minimum atomic E-state index is -0.375. The average Bonchev–Trinajstić information content (AvgIpc) is 2.42. The maximum absolute atomic E-state index is 11.6. The van der Waals surface area contributed by atoms with E-state index in [0.29, 0.717) is 18.5 Å². The molecule has 1 aromatic carbocycles. The van der Waals surface area contributed by atoms with Gasteiger partial charge in [-0.1, -0.05) is 49.4 Å². The number of aromatic nitrogens is 2. The first kappa shape index (κ1) is 13.1. The molecule has 1 N–H and O–H groups in total. The van der Waals surface area contributed by atoms with Gasteiger partial charge in [-0.3, -0.25) is 14.3 Å². The molecule has 2 aromatic rings. The average molecular weight is 256 g/mol. The van der Waals surface area contributed by atoms with E-state index < -0.39 is 0 Å². The number of aromatic amines is 1. The molecule has 0 aliphatic rings. The third-order valence-electron chi connectivity index (χ3n) is 2.88. The molecule has 0 amide bonds. The molecule has 19 heavy (non-hydrogen) atoms. The van der Waals surface area contributed by atoms with Gasteiger partial charge in [-0.25, -0.2) is 4.79 Å². The number of hydrogen-bond acceptors (Lipinski definition) is 2. The lowest BCUT2D eigenvalue weighted by Gasteiger charge is -2.03. The van der Waals surface area contributed by atoms with Crippen molar-refractivity contribution in [1.29, 1.82) is 0 Å². The Morgan fingerprint density at radius 1 is 1.21 bits per heavy atom. The Hall–Kier alpha value is -2.36. The van der Waals surface area contributed by atoms with Gasteiger partial charge in [0.15, 0.2) is 0 Å². The number of aryl methyl sites for hydroxylation is 1. The lowest BCUT2D eigenvalue weighted by molar-refractivity contribution is 0.723. The normalized spacial score (nSPS) is 11.0. The zero-order chi connectivity index (χ0) is 13.7. The molecule has 0 aliphatic heterocycles. The molecule has 0 radical (unpaired) electrons. The molecule has 0 unspecified atom stereocenters. The van der Waals surface area contributed by atoms with Crippen molar-refractivity contribution in [3.05, 3.63) is 74.6 Å². The molecular formula is C15H16N2O2. The van der Waals surface area contributed by atoms with Gasteiger partial charge in [0.05, 0.1) is 0 Å². The second kappa shape index (κ2) is 6.00. The Kier molecular flexibility index (Phi) is 4.13. The van der Waals surface area contributed by atoms with Crippen LogP contribution in [-0.2, 0) is 13.0 Å². The number of nitrogens with one attached hydrogen (secondary N) is 1. The van der Waals surface area contributed by atoms with Gasteiger partial charge in [0.2, 0.25) is 0 Å². The van der Waals surface area contributed by atoms with Crippen molar-refractivity contribution < 1.29 is 0 Å². The zero-order valence-corrected chi connectivity index (χ0v) is 10.8. The number of nitrogens with zero attached hydrogens (tertiary/aromatic N) is 1. The fourth-order valence-corrected chi connectivity index (χ4v) is 1.81. The fraction of sp³-hybridized carbons (Fsp3) is 0.200. The summed E-state index contributed by atoms with van der Waals surface area (Å²) in [5.74, 6) is 0. The highest BCUT2D eigenvalue weighted by Gasteiger charge is 2.01. The SMILES string of the molecule is CCc1cn(CC=Cc2ccccc2)c(=O)[nH]c1=O. The van der Waals surface area contributed by atoms with E-state index in [1.807, 2.05) is 49.4 Å². The van der Waals surface area contributed by atoms with E-state index >= 15 is 0 Å². The highest BCUT2D eigenvalue weighted by atomic mass is 16.2. The second-order valence-corrected chi connectivity index (χ2v) is 4.23. The molecule has 2 rings (SSSR count). The first-order valence-electron chi connectivity index (χ1n) is 6.25. The Morgan fingerprint density at radius 3 is 2.63 bits per heavy atom. The molecule has 1 heterocycles. The van der Waals surface area contributed by atoms with Crippen LogP contribution in [0.1, 0.15) is 18.1 Å². The summed E-state index contributed by atoms with van der Waals surface area (Å²) < 4.78 is 1.50. The van der Waals surface area contributed by atoms with Crippen molar-refractivity contribution in [2.24, 2.45) is 0 Å². The molecule has 0 aliphatic carbocycles. The Balaban J connectivity index is 2.18. The van der Waals surface area contributed by atoms with Crippen LogP contribution in [0.3, 0.4) is 0 Å². The minimum Gasteiger partial charge on any atom is -0.296 e. The maximum Gasteiger partial charge on any atom is 0.328 e. The lowest BCUT2D eigenvalue weighted by atomic mass is 10.2. The molecule has 4 heteroatoms. The molecule has 0 atom stereocenters. The van der Waals surface area contributed by atoms with Gasteiger partial charge in [-0.15, -0.1) is 0 Å². The van der Waals surface area contributed by atoms with Crippen LogP contribution in [0.2, 0.25) is 0 Å². The maximum atomic E-state index is 11.6. The van der Waals surface area contributed by atoms with Crippen molar-refractivity contribution in [3.8, 4) is 0 Å². The summed E-state index contributed by atoms with van der Waals surface area (Å²) in [7, 11) is 0. The van der Waals surface area contributed by atoms with Gasteiger partial charge in [-0.2, -0.15) is 0 Å². The largest absolute Gasteiger partial charge is 0.328 e. The third-order valence-corrected chi connectivity index (χ3v) is 2.88. The summed E-state index contributed by atoms with van der Waals surface area (Å²) >= 11 is 0. The van der Waals surface area contributed by atoms with E-state index in [0.717, 1.165) is 5.56 Å². The van der Waals surface area contributed by atoms with Crippen molar-refractivity contribution in [3.63, 3.8) is 0 Å². The monoisotopic (exact) mass is 256 g/mol. The standard InChI is InChI=1S/C15H16N2O2/c1-2-13-11-17(15(19)16-14(13)18)10-6-9-12-7-4-3-5-8-12/h3-9,11H,2,10H2,1H3,(H,16,18,19). The Labute approximate surface area is 111 Å². The summed E-state index contributed by atoms with van der Waals surface area (Å²) in [6.45, 7) is 2.33. The van der Waals surface area contributed by atoms with Crippen molar-refractivity contribution in [2.75, 3.05) is 0 Å². The van der Waals surface area contributed by atoms with Crippen molar-refractivity contribution in [1.82, 2.24) is 9.55 Å². The molecule has 4 nitrogen and oxygen atoms in total. The van der Waals surface area contributed by atoms with Crippen LogP contribution in [-0.4, -0.2) is 9.55 Å². The van der Waals surface area contributed by atoms with Gasteiger partial charge in [0, 0.05) is 18.3 Å².